The molecular formula is C19H20F3N3O. The Hall–Kier alpha value is -2.57. The Labute approximate surface area is 150 Å². The maximum absolute atomic E-state index is 12.7. The van der Waals surface area contributed by atoms with Gasteiger partial charge in [0.05, 0.1) is 11.3 Å². The van der Waals surface area contributed by atoms with Crippen LogP contribution >= 0.6 is 0 Å². The van der Waals surface area contributed by atoms with E-state index >= 15 is 0 Å². The van der Waals surface area contributed by atoms with E-state index in [2.05, 4.69) is 15.2 Å². The summed E-state index contributed by atoms with van der Waals surface area (Å²) in [5.74, 6) is -0.0167. The topological polar surface area (TPSA) is 45.2 Å². The average Bonchev–Trinajstić information content (AvgIpc) is 2.61. The molecule has 0 atom stereocenters. The number of hydrogen-bond acceptors (Lipinski definition) is 3. The summed E-state index contributed by atoms with van der Waals surface area (Å²) in [5.41, 5.74) is 1.60. The summed E-state index contributed by atoms with van der Waals surface area (Å²) < 4.78 is 38.1. The average molecular weight is 363 g/mol. The van der Waals surface area contributed by atoms with Crippen molar-refractivity contribution in [2.45, 2.75) is 32.0 Å². The van der Waals surface area contributed by atoms with Crippen molar-refractivity contribution in [3.8, 4) is 11.3 Å². The lowest BCUT2D eigenvalue weighted by molar-refractivity contribution is -0.137. The minimum atomic E-state index is -4.34. The molecule has 0 unspecified atom stereocenters. The number of piperidine rings is 1. The minimum absolute atomic E-state index is 0.0167. The van der Waals surface area contributed by atoms with Crippen molar-refractivity contribution in [1.29, 1.82) is 0 Å². The van der Waals surface area contributed by atoms with Crippen molar-refractivity contribution in [3.05, 3.63) is 48.2 Å². The molecule has 3 rings (SSSR count). The first-order valence-electron chi connectivity index (χ1n) is 8.48. The number of pyridine rings is 1. The third kappa shape index (κ3) is 4.33. The zero-order chi connectivity index (χ0) is 18.7. The molecule has 2 heterocycles. The number of carbonyl (C=O) groups is 1. The molecule has 1 N–H and O–H groups in total. The van der Waals surface area contributed by atoms with E-state index in [-0.39, 0.29) is 11.9 Å². The molecule has 0 aliphatic carbocycles. The third-order valence-corrected chi connectivity index (χ3v) is 4.52. The number of rotatable bonds is 3. The molecule has 1 aromatic heterocycles. The van der Waals surface area contributed by atoms with Gasteiger partial charge >= 0.3 is 6.18 Å². The second-order valence-electron chi connectivity index (χ2n) is 6.44. The van der Waals surface area contributed by atoms with Crippen molar-refractivity contribution in [2.24, 2.45) is 0 Å². The highest BCUT2D eigenvalue weighted by Crippen LogP contribution is 2.31. The summed E-state index contributed by atoms with van der Waals surface area (Å²) in [6, 6.07) is 9.01. The number of hydrogen-bond donors (Lipinski definition) is 1. The third-order valence-electron chi connectivity index (χ3n) is 4.52. The van der Waals surface area contributed by atoms with Crippen molar-refractivity contribution in [3.63, 3.8) is 0 Å². The van der Waals surface area contributed by atoms with Crippen molar-refractivity contribution in [1.82, 2.24) is 10.3 Å². The van der Waals surface area contributed by atoms with Crippen LogP contribution in [0.3, 0.4) is 0 Å². The molecule has 0 saturated carbocycles. The van der Waals surface area contributed by atoms with Crippen LogP contribution in [-0.2, 0) is 11.0 Å². The number of halogens is 3. The van der Waals surface area contributed by atoms with Gasteiger partial charge < -0.3 is 10.2 Å². The SMILES string of the molecule is CC(=O)NC1CCN(c2ccnc(-c3ccc(C(F)(F)F)cc3)c2)CC1. The number of carbonyl (C=O) groups excluding carboxylic acids is 1. The molecule has 0 bridgehead atoms. The fourth-order valence-electron chi connectivity index (χ4n) is 3.17. The van der Waals surface area contributed by atoms with Crippen LogP contribution in [0.4, 0.5) is 18.9 Å². The number of benzene rings is 1. The van der Waals surface area contributed by atoms with Crippen molar-refractivity contribution in [2.75, 3.05) is 18.0 Å². The molecule has 4 nitrogen and oxygen atoms in total. The van der Waals surface area contributed by atoms with Crippen LogP contribution in [0.25, 0.3) is 11.3 Å². The van der Waals surface area contributed by atoms with Gasteiger partial charge in [-0.25, -0.2) is 0 Å². The van der Waals surface area contributed by atoms with Crippen LogP contribution in [-0.4, -0.2) is 30.0 Å². The van der Waals surface area contributed by atoms with E-state index in [4.69, 9.17) is 0 Å². The quantitative estimate of drug-likeness (QED) is 0.900. The van der Waals surface area contributed by atoms with Gasteiger partial charge in [-0.15, -0.1) is 0 Å². The van der Waals surface area contributed by atoms with Gasteiger partial charge in [-0.3, -0.25) is 9.78 Å². The normalized spacial score (nSPS) is 15.8. The van der Waals surface area contributed by atoms with Crippen LogP contribution in [0.5, 0.6) is 0 Å². The lowest BCUT2D eigenvalue weighted by atomic mass is 10.0. The monoisotopic (exact) mass is 363 g/mol. The molecule has 7 heteroatoms. The molecule has 1 aromatic carbocycles. The van der Waals surface area contributed by atoms with Gasteiger partial charge in [-0.1, -0.05) is 12.1 Å². The predicted molar refractivity (Wildman–Crippen MR) is 93.7 cm³/mol. The first-order chi connectivity index (χ1) is 12.3. The van der Waals surface area contributed by atoms with Gasteiger partial charge in [0, 0.05) is 43.5 Å². The Morgan fingerprint density at radius 3 is 2.38 bits per heavy atom. The van der Waals surface area contributed by atoms with Crippen LogP contribution in [0.2, 0.25) is 0 Å². The van der Waals surface area contributed by atoms with Crippen LogP contribution in [0.1, 0.15) is 25.3 Å². The molecule has 1 amide bonds. The standard InChI is InChI=1S/C19H20F3N3O/c1-13(26)24-16-7-10-25(11-8-16)17-6-9-23-18(12-17)14-2-4-15(5-3-14)19(20,21)22/h2-6,9,12,16H,7-8,10-11H2,1H3,(H,24,26). The van der Waals surface area contributed by atoms with E-state index in [1.165, 1.54) is 19.1 Å². The fraction of sp³-hybridized carbons (Fsp3) is 0.368. The number of alkyl halides is 3. The van der Waals surface area contributed by atoms with E-state index < -0.39 is 11.7 Å². The molecule has 1 fully saturated rings. The van der Waals surface area contributed by atoms with E-state index in [0.29, 0.717) is 11.3 Å². The Bertz CT molecular complexity index is 766. The Morgan fingerprint density at radius 2 is 1.81 bits per heavy atom. The minimum Gasteiger partial charge on any atom is -0.371 e. The molecule has 0 spiro atoms. The highest BCUT2D eigenvalue weighted by Gasteiger charge is 2.30. The molecular weight excluding hydrogens is 343 g/mol. The van der Waals surface area contributed by atoms with Crippen LogP contribution in [0.15, 0.2) is 42.6 Å². The number of nitrogens with zero attached hydrogens (tertiary/aromatic N) is 2. The second-order valence-corrected chi connectivity index (χ2v) is 6.44. The molecule has 2 aromatic rings. The maximum Gasteiger partial charge on any atom is 0.416 e. The summed E-state index contributed by atoms with van der Waals surface area (Å²) in [6.07, 6.45) is -0.955. The Balaban J connectivity index is 1.72. The maximum atomic E-state index is 12.7. The summed E-state index contributed by atoms with van der Waals surface area (Å²) >= 11 is 0. The molecule has 1 saturated heterocycles. The van der Waals surface area contributed by atoms with Gasteiger partial charge in [-0.05, 0) is 37.1 Å². The van der Waals surface area contributed by atoms with E-state index in [9.17, 15) is 18.0 Å². The van der Waals surface area contributed by atoms with E-state index in [0.717, 1.165) is 43.8 Å². The van der Waals surface area contributed by atoms with Gasteiger partial charge in [0.2, 0.25) is 5.91 Å². The summed E-state index contributed by atoms with van der Waals surface area (Å²) in [4.78, 5) is 17.6. The molecule has 1 aliphatic heterocycles. The second kappa shape index (κ2) is 7.35. The van der Waals surface area contributed by atoms with E-state index in [1.54, 1.807) is 6.20 Å². The van der Waals surface area contributed by atoms with Gasteiger partial charge in [0.25, 0.3) is 0 Å². The molecule has 26 heavy (non-hydrogen) atoms. The number of aromatic nitrogens is 1. The highest BCUT2D eigenvalue weighted by molar-refractivity contribution is 5.73. The van der Waals surface area contributed by atoms with Crippen molar-refractivity contribution < 1.29 is 18.0 Å². The molecule has 0 radical (unpaired) electrons. The van der Waals surface area contributed by atoms with Crippen molar-refractivity contribution >= 4 is 11.6 Å². The van der Waals surface area contributed by atoms with Gasteiger partial charge in [0.1, 0.15) is 0 Å². The Morgan fingerprint density at radius 1 is 1.15 bits per heavy atom. The first-order valence-corrected chi connectivity index (χ1v) is 8.48. The van der Waals surface area contributed by atoms with Gasteiger partial charge in [0.15, 0.2) is 0 Å². The van der Waals surface area contributed by atoms with Gasteiger partial charge in [-0.2, -0.15) is 13.2 Å². The Kier molecular flexibility index (Phi) is 5.15. The summed E-state index contributed by atoms with van der Waals surface area (Å²) in [7, 11) is 0. The zero-order valence-electron chi connectivity index (χ0n) is 14.4. The smallest absolute Gasteiger partial charge is 0.371 e. The molecule has 1 aliphatic rings. The van der Waals surface area contributed by atoms with Crippen LogP contribution < -0.4 is 10.2 Å². The largest absolute Gasteiger partial charge is 0.416 e. The zero-order valence-corrected chi connectivity index (χ0v) is 14.4. The number of anilines is 1. The number of nitrogens with one attached hydrogen (secondary N) is 1. The fourth-order valence-corrected chi connectivity index (χ4v) is 3.17. The van der Waals surface area contributed by atoms with E-state index in [1.807, 2.05) is 12.1 Å². The number of amides is 1. The lowest BCUT2D eigenvalue weighted by Crippen LogP contribution is -2.44. The summed E-state index contributed by atoms with van der Waals surface area (Å²) in [5, 5.41) is 2.94. The predicted octanol–water partition coefficient (Wildman–Crippen LogP) is 3.87. The van der Waals surface area contributed by atoms with Crippen LogP contribution in [0, 0.1) is 0 Å². The summed E-state index contributed by atoms with van der Waals surface area (Å²) in [6.45, 7) is 3.13. The lowest BCUT2D eigenvalue weighted by Gasteiger charge is -2.33. The highest BCUT2D eigenvalue weighted by atomic mass is 19.4. The molecule has 138 valence electrons. The first kappa shape index (κ1) is 18.2.